The van der Waals surface area contributed by atoms with Gasteiger partial charge in [-0.05, 0) is 93.1 Å². The molecule has 0 aromatic rings. The summed E-state index contributed by atoms with van der Waals surface area (Å²) in [5.74, 6) is 1.98. The van der Waals surface area contributed by atoms with E-state index in [1.165, 1.54) is 31.3 Å². The molecule has 0 heterocycles. The highest BCUT2D eigenvalue weighted by atomic mass is 19.1. The van der Waals surface area contributed by atoms with Crippen LogP contribution in [0.5, 0.6) is 0 Å². The van der Waals surface area contributed by atoms with Gasteiger partial charge in [0, 0.05) is 6.42 Å². The van der Waals surface area contributed by atoms with Gasteiger partial charge in [0.1, 0.15) is 5.67 Å². The Balaban J connectivity index is 1.70. The minimum absolute atomic E-state index is 0.343. The fourth-order valence-corrected chi connectivity index (χ4v) is 6.72. The maximum atomic E-state index is 13.9. The molecule has 0 radical (unpaired) electrons. The molecule has 3 rings (SSSR count). The number of hydrogen-bond donors (Lipinski definition) is 2. The summed E-state index contributed by atoms with van der Waals surface area (Å²) in [6.45, 7) is 12.3. The maximum Gasteiger partial charge on any atom is 0.105 e. The van der Waals surface area contributed by atoms with E-state index in [9.17, 15) is 14.6 Å². The second-order valence-electron chi connectivity index (χ2n) is 11.3. The average molecular weight is 419 g/mol. The maximum absolute atomic E-state index is 13.9. The molecule has 0 amide bonds. The van der Waals surface area contributed by atoms with Crippen LogP contribution in [0.3, 0.4) is 0 Å². The third-order valence-corrected chi connectivity index (χ3v) is 8.42. The van der Waals surface area contributed by atoms with Crippen molar-refractivity contribution in [1.82, 2.24) is 0 Å². The van der Waals surface area contributed by atoms with E-state index >= 15 is 0 Å². The average Bonchev–Trinajstić information content (AvgIpc) is 3.00. The molecule has 0 aromatic carbocycles. The molecule has 3 fully saturated rings. The lowest BCUT2D eigenvalue weighted by atomic mass is 9.60. The van der Waals surface area contributed by atoms with Gasteiger partial charge < -0.3 is 10.2 Å². The van der Waals surface area contributed by atoms with Crippen LogP contribution >= 0.6 is 0 Å². The molecule has 2 nitrogen and oxygen atoms in total. The monoisotopic (exact) mass is 418 g/mol. The fourth-order valence-electron chi connectivity index (χ4n) is 6.72. The van der Waals surface area contributed by atoms with E-state index in [0.29, 0.717) is 36.5 Å². The molecular formula is C27H43FO2. The summed E-state index contributed by atoms with van der Waals surface area (Å²) in [4.78, 5) is 0. The van der Waals surface area contributed by atoms with Crippen molar-refractivity contribution in [2.24, 2.45) is 23.2 Å². The van der Waals surface area contributed by atoms with Gasteiger partial charge in [-0.3, -0.25) is 0 Å². The van der Waals surface area contributed by atoms with Crippen LogP contribution in [0.4, 0.5) is 4.39 Å². The van der Waals surface area contributed by atoms with E-state index in [1.807, 2.05) is 0 Å². The van der Waals surface area contributed by atoms with Crippen LogP contribution in [0, 0.1) is 23.2 Å². The van der Waals surface area contributed by atoms with Crippen molar-refractivity contribution < 1.29 is 14.6 Å². The molecule has 3 saturated carbocycles. The predicted molar refractivity (Wildman–Crippen MR) is 123 cm³/mol. The van der Waals surface area contributed by atoms with Crippen molar-refractivity contribution in [3.63, 3.8) is 0 Å². The zero-order chi connectivity index (χ0) is 22.1. The number of aliphatic hydroxyl groups is 2. The lowest BCUT2D eigenvalue weighted by Gasteiger charge is -2.44. The minimum Gasteiger partial charge on any atom is -0.393 e. The van der Waals surface area contributed by atoms with Crippen LogP contribution in [0.1, 0.15) is 91.9 Å². The zero-order valence-electron chi connectivity index (χ0n) is 19.6. The second-order valence-corrected chi connectivity index (χ2v) is 11.3. The summed E-state index contributed by atoms with van der Waals surface area (Å²) >= 11 is 0. The number of halogens is 1. The van der Waals surface area contributed by atoms with Crippen LogP contribution < -0.4 is 0 Å². The van der Waals surface area contributed by atoms with E-state index in [2.05, 4.69) is 32.6 Å². The van der Waals surface area contributed by atoms with Gasteiger partial charge in [-0.25, -0.2) is 4.39 Å². The van der Waals surface area contributed by atoms with Gasteiger partial charge in [-0.1, -0.05) is 51.0 Å². The molecule has 0 aromatic heterocycles. The molecule has 0 aliphatic heterocycles. The first-order chi connectivity index (χ1) is 14.0. The molecule has 1 unspecified atom stereocenters. The molecule has 3 heteroatoms. The smallest absolute Gasteiger partial charge is 0.105 e. The first-order valence-electron chi connectivity index (χ1n) is 12.1. The summed E-state index contributed by atoms with van der Waals surface area (Å²) in [6.07, 6.45) is 13.2. The van der Waals surface area contributed by atoms with Crippen molar-refractivity contribution in [3.05, 3.63) is 35.5 Å². The summed E-state index contributed by atoms with van der Waals surface area (Å²) in [7, 11) is 0. The normalized spacial score (nSPS) is 38.8. The highest BCUT2D eigenvalue weighted by molar-refractivity contribution is 5.38. The predicted octanol–water partition coefficient (Wildman–Crippen LogP) is 6.68. The van der Waals surface area contributed by atoms with E-state index in [-0.39, 0.29) is 0 Å². The van der Waals surface area contributed by atoms with Crippen LogP contribution in [0.25, 0.3) is 0 Å². The zero-order valence-corrected chi connectivity index (χ0v) is 19.6. The molecule has 0 bridgehead atoms. The molecule has 3 aliphatic carbocycles. The van der Waals surface area contributed by atoms with Crippen LogP contribution in [0.2, 0.25) is 0 Å². The van der Waals surface area contributed by atoms with Gasteiger partial charge in [0.05, 0.1) is 12.2 Å². The van der Waals surface area contributed by atoms with E-state index in [0.717, 1.165) is 36.3 Å². The van der Waals surface area contributed by atoms with Gasteiger partial charge in [0.15, 0.2) is 0 Å². The Labute approximate surface area is 183 Å². The molecule has 0 saturated heterocycles. The van der Waals surface area contributed by atoms with E-state index in [4.69, 9.17) is 0 Å². The topological polar surface area (TPSA) is 40.5 Å². The molecule has 170 valence electrons. The minimum atomic E-state index is -1.06. The van der Waals surface area contributed by atoms with Crippen molar-refractivity contribution in [1.29, 1.82) is 0 Å². The summed E-state index contributed by atoms with van der Waals surface area (Å²) in [5, 5.41) is 20.1. The fraction of sp³-hybridized carbons (Fsp3) is 0.778. The van der Waals surface area contributed by atoms with Crippen molar-refractivity contribution in [2.75, 3.05) is 0 Å². The Hall–Kier alpha value is -0.930. The van der Waals surface area contributed by atoms with Gasteiger partial charge in [0.25, 0.3) is 0 Å². The number of rotatable bonds is 6. The first kappa shape index (κ1) is 23.7. The lowest BCUT2D eigenvalue weighted by molar-refractivity contribution is 0.0860. The standard InChI is InChI=1S/C27H43FO2/c1-18(8-6-14-26(3,4)28)23-12-13-24-20(9-7-15-27(23,24)5)10-11-21-16-22(29)17-25(30)19(21)2/h10-11,18,22-25,29-30H,2,6-9,12-17H2,1,3-5H3/t18-,22-,23-,24?,25+,27-/m1/s1. The highest BCUT2D eigenvalue weighted by Gasteiger charge is 2.50. The number of fused-ring (bicyclic) bond motifs is 1. The number of aliphatic hydroxyl groups excluding tert-OH is 2. The highest BCUT2D eigenvalue weighted by Crippen LogP contribution is 2.60. The Kier molecular flexibility index (Phi) is 7.34. The first-order valence-corrected chi connectivity index (χ1v) is 12.1. The number of allylic oxidation sites excluding steroid dienone is 3. The Morgan fingerprint density at radius 3 is 2.70 bits per heavy atom. The Bertz CT molecular complexity index is 685. The largest absolute Gasteiger partial charge is 0.393 e. The van der Waals surface area contributed by atoms with Gasteiger partial charge in [-0.15, -0.1) is 0 Å². The second kappa shape index (κ2) is 9.28. The summed E-state index contributed by atoms with van der Waals surface area (Å²) in [5.41, 5.74) is 2.59. The number of alkyl halides is 1. The molecular weight excluding hydrogens is 375 g/mol. The Morgan fingerprint density at radius 1 is 1.27 bits per heavy atom. The van der Waals surface area contributed by atoms with Crippen molar-refractivity contribution in [3.8, 4) is 0 Å². The lowest BCUT2D eigenvalue weighted by Crippen LogP contribution is -2.36. The SMILES string of the molecule is C=C1C(=CC=C2CCC[C@@]3(C)C2CC[C@@H]3[C@H](C)CCCC(C)(C)F)C[C@@H](O)C[C@@H]1O. The van der Waals surface area contributed by atoms with Gasteiger partial charge in [-0.2, -0.15) is 0 Å². The van der Waals surface area contributed by atoms with Crippen LogP contribution in [-0.4, -0.2) is 28.1 Å². The third kappa shape index (κ3) is 5.27. The number of hydrogen-bond acceptors (Lipinski definition) is 2. The molecule has 6 atom stereocenters. The van der Waals surface area contributed by atoms with E-state index in [1.54, 1.807) is 13.8 Å². The van der Waals surface area contributed by atoms with Gasteiger partial charge in [0.2, 0.25) is 0 Å². The third-order valence-electron chi connectivity index (χ3n) is 8.42. The quantitative estimate of drug-likeness (QED) is 0.505. The molecule has 3 aliphatic rings. The summed E-state index contributed by atoms with van der Waals surface area (Å²) < 4.78 is 13.9. The van der Waals surface area contributed by atoms with Gasteiger partial charge >= 0.3 is 0 Å². The van der Waals surface area contributed by atoms with Crippen molar-refractivity contribution in [2.45, 2.75) is 110 Å². The summed E-state index contributed by atoms with van der Waals surface area (Å²) in [6, 6.07) is 0. The Morgan fingerprint density at radius 2 is 2.00 bits per heavy atom. The van der Waals surface area contributed by atoms with Crippen LogP contribution in [-0.2, 0) is 0 Å². The van der Waals surface area contributed by atoms with E-state index < -0.39 is 17.9 Å². The van der Waals surface area contributed by atoms with Crippen LogP contribution in [0.15, 0.2) is 35.5 Å². The molecule has 2 N–H and O–H groups in total. The van der Waals surface area contributed by atoms with Crippen molar-refractivity contribution >= 4 is 0 Å². The molecule has 30 heavy (non-hydrogen) atoms. The molecule has 0 spiro atoms.